The molecule has 0 aliphatic rings. The quantitative estimate of drug-likeness (QED) is 0.594. The number of carboxylic acids is 1. The average molecular weight is 433 g/mol. The van der Waals surface area contributed by atoms with Gasteiger partial charge in [0, 0.05) is 23.5 Å². The molecule has 162 valence electrons. The molecule has 31 heavy (non-hydrogen) atoms. The highest BCUT2D eigenvalue weighted by Gasteiger charge is 2.33. The van der Waals surface area contributed by atoms with Crippen LogP contribution in [0.1, 0.15) is 25.1 Å². The van der Waals surface area contributed by atoms with E-state index in [1.165, 1.54) is 19.9 Å². The van der Waals surface area contributed by atoms with Crippen molar-refractivity contribution in [1.82, 2.24) is 20.2 Å². The molecule has 0 saturated carbocycles. The second-order valence-corrected chi connectivity index (χ2v) is 7.15. The van der Waals surface area contributed by atoms with Crippen molar-refractivity contribution in [3.05, 3.63) is 53.9 Å². The SMILES string of the molecule is Cc1cc(Nc2nccc(C(F)(F)F)n2)cc(-c2ccc(OC(C)(C)C(=O)O)nn2)c1. The summed E-state index contributed by atoms with van der Waals surface area (Å²) in [5.41, 5.74) is -0.168. The molecule has 0 atom stereocenters. The summed E-state index contributed by atoms with van der Waals surface area (Å²) >= 11 is 0. The van der Waals surface area contributed by atoms with Gasteiger partial charge in [-0.05, 0) is 56.7 Å². The van der Waals surface area contributed by atoms with E-state index < -0.39 is 23.4 Å². The summed E-state index contributed by atoms with van der Waals surface area (Å²) in [6, 6.07) is 9.05. The van der Waals surface area contributed by atoms with E-state index in [4.69, 9.17) is 9.84 Å². The second kappa shape index (κ2) is 8.17. The summed E-state index contributed by atoms with van der Waals surface area (Å²) in [6.07, 6.45) is -3.55. The molecule has 0 saturated heterocycles. The van der Waals surface area contributed by atoms with E-state index in [0.29, 0.717) is 16.9 Å². The lowest BCUT2D eigenvalue weighted by atomic mass is 10.1. The highest BCUT2D eigenvalue weighted by molar-refractivity contribution is 5.76. The molecule has 0 aliphatic heterocycles. The molecule has 0 spiro atoms. The first kappa shape index (κ1) is 21.9. The van der Waals surface area contributed by atoms with Crippen LogP contribution in [-0.4, -0.2) is 36.8 Å². The molecule has 2 N–H and O–H groups in total. The Morgan fingerprint density at radius 2 is 1.84 bits per heavy atom. The number of carboxylic acid groups (broad SMARTS) is 1. The largest absolute Gasteiger partial charge is 0.478 e. The van der Waals surface area contributed by atoms with Gasteiger partial charge in [0.15, 0.2) is 0 Å². The van der Waals surface area contributed by atoms with Crippen molar-refractivity contribution >= 4 is 17.6 Å². The smallest absolute Gasteiger partial charge is 0.433 e. The van der Waals surface area contributed by atoms with Gasteiger partial charge in [-0.15, -0.1) is 10.2 Å². The van der Waals surface area contributed by atoms with Gasteiger partial charge in [-0.2, -0.15) is 13.2 Å². The molecule has 2 aromatic heterocycles. The average Bonchev–Trinajstić information content (AvgIpc) is 2.67. The predicted octanol–water partition coefficient (Wildman–Crippen LogP) is 4.25. The van der Waals surface area contributed by atoms with E-state index in [2.05, 4.69) is 25.5 Å². The predicted molar refractivity (Wildman–Crippen MR) is 105 cm³/mol. The molecule has 2 heterocycles. The number of nitrogens with zero attached hydrogens (tertiary/aromatic N) is 4. The first-order valence-corrected chi connectivity index (χ1v) is 8.99. The van der Waals surface area contributed by atoms with Gasteiger partial charge in [0.05, 0.1) is 5.69 Å². The number of rotatable bonds is 6. The highest BCUT2D eigenvalue weighted by Crippen LogP contribution is 2.29. The first-order valence-electron chi connectivity index (χ1n) is 8.99. The molecule has 11 heteroatoms. The number of nitrogens with one attached hydrogen (secondary N) is 1. The fourth-order valence-electron chi connectivity index (χ4n) is 2.54. The summed E-state index contributed by atoms with van der Waals surface area (Å²) in [5, 5.41) is 19.8. The normalized spacial score (nSPS) is 11.8. The van der Waals surface area contributed by atoms with Crippen LogP contribution < -0.4 is 10.1 Å². The monoisotopic (exact) mass is 433 g/mol. The van der Waals surface area contributed by atoms with E-state index in [1.807, 2.05) is 13.0 Å². The van der Waals surface area contributed by atoms with E-state index in [9.17, 15) is 18.0 Å². The molecule has 0 unspecified atom stereocenters. The number of hydrogen-bond acceptors (Lipinski definition) is 7. The number of alkyl halides is 3. The zero-order valence-corrected chi connectivity index (χ0v) is 16.7. The van der Waals surface area contributed by atoms with Crippen LogP contribution in [0.2, 0.25) is 0 Å². The molecule has 8 nitrogen and oxygen atoms in total. The Labute approximate surface area is 175 Å². The Morgan fingerprint density at radius 3 is 2.45 bits per heavy atom. The summed E-state index contributed by atoms with van der Waals surface area (Å²) in [4.78, 5) is 18.5. The number of benzene rings is 1. The van der Waals surface area contributed by atoms with Crippen molar-refractivity contribution in [1.29, 1.82) is 0 Å². The number of ether oxygens (including phenoxy) is 1. The maximum absolute atomic E-state index is 12.9. The topological polar surface area (TPSA) is 110 Å². The molecule has 3 rings (SSSR count). The lowest BCUT2D eigenvalue weighted by Crippen LogP contribution is -2.38. The van der Waals surface area contributed by atoms with Crippen LogP contribution in [0.3, 0.4) is 0 Å². The number of carbonyl (C=O) groups is 1. The van der Waals surface area contributed by atoms with E-state index >= 15 is 0 Å². The summed E-state index contributed by atoms with van der Waals surface area (Å²) in [7, 11) is 0. The summed E-state index contributed by atoms with van der Waals surface area (Å²) in [5.74, 6) is -1.30. The van der Waals surface area contributed by atoms with Gasteiger partial charge in [0.1, 0.15) is 5.69 Å². The first-order chi connectivity index (χ1) is 14.4. The van der Waals surface area contributed by atoms with Crippen molar-refractivity contribution in [2.24, 2.45) is 0 Å². The fraction of sp³-hybridized carbons (Fsp3) is 0.250. The zero-order chi connectivity index (χ0) is 22.8. The molecular weight excluding hydrogens is 415 g/mol. The maximum atomic E-state index is 12.9. The number of anilines is 2. The van der Waals surface area contributed by atoms with E-state index in [1.54, 1.807) is 18.2 Å². The maximum Gasteiger partial charge on any atom is 0.433 e. The van der Waals surface area contributed by atoms with Crippen LogP contribution in [0.15, 0.2) is 42.6 Å². The van der Waals surface area contributed by atoms with Crippen LogP contribution in [0.4, 0.5) is 24.8 Å². The van der Waals surface area contributed by atoms with Crippen molar-refractivity contribution < 1.29 is 27.8 Å². The lowest BCUT2D eigenvalue weighted by molar-refractivity contribution is -0.152. The molecule has 0 fully saturated rings. The van der Waals surface area contributed by atoms with Crippen LogP contribution in [0, 0.1) is 6.92 Å². The molecular formula is C20H18F3N5O3. The summed E-state index contributed by atoms with van der Waals surface area (Å²) < 4.78 is 43.9. The Morgan fingerprint density at radius 1 is 1.10 bits per heavy atom. The Bertz CT molecular complexity index is 1100. The van der Waals surface area contributed by atoms with Crippen LogP contribution in [0.25, 0.3) is 11.3 Å². The van der Waals surface area contributed by atoms with Gasteiger partial charge < -0.3 is 15.2 Å². The third kappa shape index (κ3) is 5.44. The molecule has 1 aromatic carbocycles. The molecule has 0 bridgehead atoms. The number of hydrogen-bond donors (Lipinski definition) is 2. The number of halogens is 3. The third-order valence-electron chi connectivity index (χ3n) is 4.09. The minimum absolute atomic E-state index is 0.0412. The number of aryl methyl sites for hydroxylation is 1. The third-order valence-corrected chi connectivity index (χ3v) is 4.09. The minimum atomic E-state index is -4.58. The second-order valence-electron chi connectivity index (χ2n) is 7.15. The number of aromatic nitrogens is 4. The Hall–Kier alpha value is -3.76. The van der Waals surface area contributed by atoms with E-state index in [-0.39, 0.29) is 11.8 Å². The molecule has 0 amide bonds. The van der Waals surface area contributed by atoms with E-state index in [0.717, 1.165) is 17.8 Å². The lowest BCUT2D eigenvalue weighted by Gasteiger charge is -2.20. The van der Waals surface area contributed by atoms with Gasteiger partial charge in [0.2, 0.25) is 17.4 Å². The number of aliphatic carboxylic acids is 1. The molecule has 0 radical (unpaired) electrons. The minimum Gasteiger partial charge on any atom is -0.478 e. The fourth-order valence-corrected chi connectivity index (χ4v) is 2.54. The van der Waals surface area contributed by atoms with Gasteiger partial charge >= 0.3 is 12.1 Å². The Kier molecular flexibility index (Phi) is 5.78. The van der Waals surface area contributed by atoms with Crippen molar-refractivity contribution in [3.8, 4) is 17.1 Å². The van der Waals surface area contributed by atoms with Crippen molar-refractivity contribution in [2.45, 2.75) is 32.5 Å². The highest BCUT2D eigenvalue weighted by atomic mass is 19.4. The van der Waals surface area contributed by atoms with Crippen molar-refractivity contribution in [3.63, 3.8) is 0 Å². The zero-order valence-electron chi connectivity index (χ0n) is 16.7. The van der Waals surface area contributed by atoms with Crippen LogP contribution in [-0.2, 0) is 11.0 Å². The van der Waals surface area contributed by atoms with Gasteiger partial charge in [0.25, 0.3) is 0 Å². The summed E-state index contributed by atoms with van der Waals surface area (Å²) in [6.45, 7) is 4.58. The van der Waals surface area contributed by atoms with Gasteiger partial charge in [-0.1, -0.05) is 0 Å². The van der Waals surface area contributed by atoms with Crippen LogP contribution >= 0.6 is 0 Å². The standard InChI is InChI=1S/C20H18F3N5O3/c1-11-8-12(14-4-5-16(28-27-14)31-19(2,3)17(29)30)10-13(9-11)25-18-24-7-6-15(26-18)20(21,22)23/h4-10H,1-3H3,(H,29,30)(H,24,25,26). The molecule has 0 aliphatic carbocycles. The van der Waals surface area contributed by atoms with Crippen molar-refractivity contribution in [2.75, 3.05) is 5.32 Å². The molecule has 3 aromatic rings. The van der Waals surface area contributed by atoms with Gasteiger partial charge in [-0.25, -0.2) is 14.8 Å². The van der Waals surface area contributed by atoms with Gasteiger partial charge in [-0.3, -0.25) is 0 Å². The van der Waals surface area contributed by atoms with Crippen LogP contribution in [0.5, 0.6) is 5.88 Å². The Balaban J connectivity index is 1.84.